The number of methoxy groups -OCH3 is 1. The van der Waals surface area contributed by atoms with Crippen molar-refractivity contribution in [2.45, 2.75) is 100 Å². The second-order valence-electron chi connectivity index (χ2n) is 12.5. The Morgan fingerprint density at radius 1 is 1.08 bits per heavy atom. The first-order valence-corrected chi connectivity index (χ1v) is 15.5. The lowest BCUT2D eigenvalue weighted by Gasteiger charge is -2.49. The highest BCUT2D eigenvalue weighted by Crippen LogP contribution is 2.40. The molecule has 224 valence electrons. The van der Waals surface area contributed by atoms with E-state index in [0.29, 0.717) is 57.2 Å². The zero-order chi connectivity index (χ0) is 27.2. The van der Waals surface area contributed by atoms with E-state index in [9.17, 15) is 15.0 Å². The summed E-state index contributed by atoms with van der Waals surface area (Å²) in [4.78, 5) is 16.0. The summed E-state index contributed by atoms with van der Waals surface area (Å²) in [5, 5.41) is 28.8. The van der Waals surface area contributed by atoms with Crippen molar-refractivity contribution in [3.05, 3.63) is 0 Å². The first-order valence-electron chi connectivity index (χ1n) is 15.5. The average Bonchev–Trinajstić information content (AvgIpc) is 3.45. The molecule has 5 rings (SSSR count). The fraction of sp³-hybridized carbons (Fsp3) is 0.966. The van der Waals surface area contributed by atoms with Gasteiger partial charge in [-0.05, 0) is 56.9 Å². The van der Waals surface area contributed by atoms with Gasteiger partial charge < -0.3 is 44.7 Å². The molecule has 9 unspecified atom stereocenters. The van der Waals surface area contributed by atoms with E-state index < -0.39 is 24.2 Å². The summed E-state index contributed by atoms with van der Waals surface area (Å²) in [7, 11) is 1.70. The van der Waals surface area contributed by atoms with Gasteiger partial charge in [0.15, 0.2) is 0 Å². The topological polar surface area (TPSA) is 122 Å². The Balaban J connectivity index is 1.24. The molecule has 5 fully saturated rings. The predicted octanol–water partition coefficient (Wildman–Crippen LogP) is 0.683. The van der Waals surface area contributed by atoms with Crippen molar-refractivity contribution in [1.82, 2.24) is 15.5 Å². The monoisotopic (exact) mass is 553 g/mol. The van der Waals surface area contributed by atoms with Gasteiger partial charge in [0.2, 0.25) is 5.91 Å². The van der Waals surface area contributed by atoms with Crippen LogP contribution in [-0.2, 0) is 23.7 Å². The van der Waals surface area contributed by atoms with Gasteiger partial charge in [0.05, 0.1) is 56.8 Å². The second-order valence-corrected chi connectivity index (χ2v) is 12.5. The molecule has 5 aliphatic rings. The minimum absolute atomic E-state index is 0.0177. The van der Waals surface area contributed by atoms with Crippen LogP contribution in [0.3, 0.4) is 0 Å². The maximum absolute atomic E-state index is 14.0. The number of ether oxygens (including phenoxy) is 4. The fourth-order valence-corrected chi connectivity index (χ4v) is 7.66. The van der Waals surface area contributed by atoms with E-state index in [1.165, 1.54) is 12.8 Å². The Morgan fingerprint density at radius 3 is 2.74 bits per heavy atom. The molecule has 0 radical (unpaired) electrons. The number of carbonyl (C=O) groups excluding carboxylic acids is 1. The van der Waals surface area contributed by atoms with Crippen molar-refractivity contribution in [3.63, 3.8) is 0 Å². The molecule has 2 saturated carbocycles. The maximum Gasteiger partial charge on any atom is 0.230 e. The number of nitrogens with one attached hydrogen (secondary N) is 2. The number of hydrogen-bond donors (Lipinski definition) is 4. The van der Waals surface area contributed by atoms with Crippen LogP contribution in [-0.4, -0.2) is 123 Å². The predicted molar refractivity (Wildman–Crippen MR) is 145 cm³/mol. The van der Waals surface area contributed by atoms with Gasteiger partial charge in [0.25, 0.3) is 0 Å². The van der Waals surface area contributed by atoms with Crippen LogP contribution in [0.15, 0.2) is 0 Å². The molecule has 0 aromatic rings. The van der Waals surface area contributed by atoms with E-state index in [4.69, 9.17) is 18.9 Å². The van der Waals surface area contributed by atoms with Gasteiger partial charge >= 0.3 is 0 Å². The van der Waals surface area contributed by atoms with Gasteiger partial charge in [-0.15, -0.1) is 0 Å². The van der Waals surface area contributed by atoms with Gasteiger partial charge in [0.1, 0.15) is 0 Å². The molecule has 10 nitrogen and oxygen atoms in total. The Bertz CT molecular complexity index is 763. The first kappa shape index (κ1) is 29.6. The smallest absolute Gasteiger partial charge is 0.230 e. The summed E-state index contributed by atoms with van der Waals surface area (Å²) >= 11 is 0. The number of aliphatic hydroxyl groups excluding tert-OH is 2. The van der Waals surface area contributed by atoms with Crippen molar-refractivity contribution in [2.24, 2.45) is 17.8 Å². The molecule has 0 bridgehead atoms. The molecule has 3 heterocycles. The van der Waals surface area contributed by atoms with Crippen LogP contribution in [0, 0.1) is 17.8 Å². The quantitative estimate of drug-likeness (QED) is 0.290. The number of rotatable bonds is 10. The van der Waals surface area contributed by atoms with Crippen LogP contribution < -0.4 is 10.6 Å². The highest BCUT2D eigenvalue weighted by Gasteiger charge is 2.47. The summed E-state index contributed by atoms with van der Waals surface area (Å²) in [6.07, 6.45) is 6.10. The largest absolute Gasteiger partial charge is 0.393 e. The third-order valence-electron chi connectivity index (χ3n) is 9.78. The molecule has 10 heteroatoms. The number of nitrogens with zero attached hydrogens (tertiary/aromatic N) is 1. The molecule has 0 spiro atoms. The molecule has 3 aliphatic heterocycles. The third kappa shape index (κ3) is 7.71. The molecule has 0 aromatic carbocycles. The van der Waals surface area contributed by atoms with Gasteiger partial charge in [-0.3, -0.25) is 4.79 Å². The molecule has 39 heavy (non-hydrogen) atoms. The first-order chi connectivity index (χ1) is 19.0. The average molecular weight is 554 g/mol. The van der Waals surface area contributed by atoms with Crippen molar-refractivity contribution in [1.29, 1.82) is 0 Å². The third-order valence-corrected chi connectivity index (χ3v) is 9.78. The number of amides is 1. The van der Waals surface area contributed by atoms with Crippen LogP contribution in [0.2, 0.25) is 0 Å². The Labute approximate surface area is 233 Å². The SMILES string of the molecule is COCCOC1CC2CCN(C(=O)C3C(O)CC(O)CC3OCC3CCCCN3)CC2C(N[C@@H]2CCOC2)C1. The molecule has 3 saturated heterocycles. The minimum atomic E-state index is -0.891. The minimum Gasteiger partial charge on any atom is -0.393 e. The molecule has 0 aromatic heterocycles. The van der Waals surface area contributed by atoms with Crippen LogP contribution in [0.5, 0.6) is 0 Å². The normalized spacial score (nSPS) is 41.4. The molecule has 4 N–H and O–H groups in total. The molecular formula is C29H51N3O7. The lowest BCUT2D eigenvalue weighted by molar-refractivity contribution is -0.162. The Hall–Kier alpha value is -0.850. The van der Waals surface area contributed by atoms with Crippen molar-refractivity contribution in [3.8, 4) is 0 Å². The standard InChI is InChI=1S/C29H51N3O7/c1-36-10-11-38-23-12-19-5-8-32(16-24(19)25(15-23)31-21-6-9-37-17-21)29(35)28-26(34)13-22(33)14-27(28)39-18-20-4-2-3-7-30-20/h19-28,30-31,33-34H,2-18H2,1H3/t19?,20?,21-,22?,23?,24?,25?,26?,27?,28?/m1/s1. The van der Waals surface area contributed by atoms with E-state index in [1.54, 1.807) is 7.11 Å². The van der Waals surface area contributed by atoms with Crippen LogP contribution >= 0.6 is 0 Å². The van der Waals surface area contributed by atoms with E-state index >= 15 is 0 Å². The Morgan fingerprint density at radius 2 is 1.97 bits per heavy atom. The van der Waals surface area contributed by atoms with Gasteiger partial charge in [0, 0.05) is 57.8 Å². The zero-order valence-corrected chi connectivity index (χ0v) is 23.7. The Kier molecular flexibility index (Phi) is 10.9. The van der Waals surface area contributed by atoms with Crippen LogP contribution in [0.1, 0.15) is 57.8 Å². The summed E-state index contributed by atoms with van der Waals surface area (Å²) in [5.41, 5.74) is 0. The number of likely N-dealkylation sites (tertiary alicyclic amines) is 1. The molecule has 10 atom stereocenters. The number of fused-ring (bicyclic) bond motifs is 1. The molecular weight excluding hydrogens is 502 g/mol. The zero-order valence-electron chi connectivity index (χ0n) is 23.7. The lowest BCUT2D eigenvalue weighted by Crippen LogP contribution is -2.60. The van der Waals surface area contributed by atoms with E-state index in [0.717, 1.165) is 51.9 Å². The van der Waals surface area contributed by atoms with Crippen LogP contribution in [0.4, 0.5) is 0 Å². The van der Waals surface area contributed by atoms with E-state index in [2.05, 4.69) is 10.6 Å². The second kappa shape index (κ2) is 14.4. The number of aliphatic hydroxyl groups is 2. The summed E-state index contributed by atoms with van der Waals surface area (Å²) in [6, 6.07) is 0.863. The molecule has 2 aliphatic carbocycles. The molecule has 1 amide bonds. The number of carbonyl (C=O) groups is 1. The lowest BCUT2D eigenvalue weighted by atomic mass is 9.70. The van der Waals surface area contributed by atoms with Crippen molar-refractivity contribution >= 4 is 5.91 Å². The highest BCUT2D eigenvalue weighted by molar-refractivity contribution is 5.80. The van der Waals surface area contributed by atoms with Gasteiger partial charge in [-0.2, -0.15) is 0 Å². The number of piperidine rings is 2. The van der Waals surface area contributed by atoms with Gasteiger partial charge in [-0.25, -0.2) is 0 Å². The number of hydrogen-bond acceptors (Lipinski definition) is 9. The van der Waals surface area contributed by atoms with E-state index in [1.807, 2.05) is 4.90 Å². The summed E-state index contributed by atoms with van der Waals surface area (Å²) < 4.78 is 23.3. The van der Waals surface area contributed by atoms with Crippen molar-refractivity contribution in [2.75, 3.05) is 59.8 Å². The summed E-state index contributed by atoms with van der Waals surface area (Å²) in [6.45, 7) is 5.60. The van der Waals surface area contributed by atoms with Crippen LogP contribution in [0.25, 0.3) is 0 Å². The maximum atomic E-state index is 14.0. The van der Waals surface area contributed by atoms with Crippen molar-refractivity contribution < 1.29 is 34.0 Å². The highest BCUT2D eigenvalue weighted by atomic mass is 16.5. The summed E-state index contributed by atoms with van der Waals surface area (Å²) in [5.74, 6) is 0.174. The van der Waals surface area contributed by atoms with E-state index in [-0.39, 0.29) is 30.5 Å². The fourth-order valence-electron chi connectivity index (χ4n) is 7.66. The van der Waals surface area contributed by atoms with Gasteiger partial charge in [-0.1, -0.05) is 6.42 Å².